The molecule has 0 aliphatic rings. The SMILES string of the molecule is COC(=O)c1cccc(-c2c(COC(C)=O)[nH]c(=O)c(Br)c2O)c1. The van der Waals surface area contributed by atoms with Crippen LogP contribution in [0.5, 0.6) is 5.75 Å². The van der Waals surface area contributed by atoms with Crippen molar-refractivity contribution in [2.24, 2.45) is 0 Å². The van der Waals surface area contributed by atoms with Gasteiger partial charge in [-0.15, -0.1) is 0 Å². The smallest absolute Gasteiger partial charge is 0.337 e. The first kappa shape index (κ1) is 17.7. The van der Waals surface area contributed by atoms with Crippen LogP contribution >= 0.6 is 15.9 Å². The third-order valence-corrected chi connectivity index (χ3v) is 3.94. The van der Waals surface area contributed by atoms with Crippen LogP contribution in [0, 0.1) is 0 Å². The molecule has 8 heteroatoms. The summed E-state index contributed by atoms with van der Waals surface area (Å²) in [6.45, 7) is 0.998. The summed E-state index contributed by atoms with van der Waals surface area (Å²) in [5, 5.41) is 10.3. The summed E-state index contributed by atoms with van der Waals surface area (Å²) in [4.78, 5) is 37.1. The Morgan fingerprint density at radius 1 is 1.33 bits per heavy atom. The molecule has 0 spiro atoms. The number of pyridine rings is 1. The Bertz CT molecular complexity index is 858. The number of H-pyrrole nitrogens is 1. The predicted octanol–water partition coefficient (Wildman–Crippen LogP) is 2.36. The minimum atomic E-state index is -0.567. The van der Waals surface area contributed by atoms with Crippen LogP contribution < -0.4 is 5.56 Å². The average Bonchev–Trinajstić information content (AvgIpc) is 2.57. The Hall–Kier alpha value is -2.61. The highest BCUT2D eigenvalue weighted by molar-refractivity contribution is 9.10. The zero-order valence-corrected chi connectivity index (χ0v) is 14.5. The molecular weight excluding hydrogens is 382 g/mol. The van der Waals surface area contributed by atoms with Gasteiger partial charge in [-0.2, -0.15) is 0 Å². The van der Waals surface area contributed by atoms with E-state index in [0.717, 1.165) is 0 Å². The van der Waals surface area contributed by atoms with Gasteiger partial charge in [0.05, 0.1) is 18.4 Å². The maximum absolute atomic E-state index is 11.8. The van der Waals surface area contributed by atoms with Crippen LogP contribution in [0.3, 0.4) is 0 Å². The molecule has 0 radical (unpaired) electrons. The standard InChI is InChI=1S/C16H14BrNO6/c1-8(19)24-7-11-12(14(20)13(17)15(21)18-11)9-4-3-5-10(6-9)16(22)23-2/h3-6H,7H2,1-2H3,(H2,18,20,21). The first-order valence-electron chi connectivity index (χ1n) is 6.81. The lowest BCUT2D eigenvalue weighted by molar-refractivity contribution is -0.142. The van der Waals surface area contributed by atoms with Crippen LogP contribution in [0.4, 0.5) is 0 Å². The van der Waals surface area contributed by atoms with Gasteiger partial charge in [-0.05, 0) is 33.6 Å². The van der Waals surface area contributed by atoms with Crippen molar-refractivity contribution in [1.82, 2.24) is 4.98 Å². The summed E-state index contributed by atoms with van der Waals surface area (Å²) in [5.41, 5.74) is 0.610. The highest BCUT2D eigenvalue weighted by Crippen LogP contribution is 2.36. The molecule has 0 aliphatic carbocycles. The number of nitrogens with one attached hydrogen (secondary N) is 1. The molecule has 0 bridgehead atoms. The Kier molecular flexibility index (Phi) is 5.40. The average molecular weight is 396 g/mol. The molecule has 1 heterocycles. The molecule has 0 atom stereocenters. The first-order valence-corrected chi connectivity index (χ1v) is 7.60. The molecule has 126 valence electrons. The van der Waals surface area contributed by atoms with E-state index in [4.69, 9.17) is 4.74 Å². The fraction of sp³-hybridized carbons (Fsp3) is 0.188. The lowest BCUT2D eigenvalue weighted by Gasteiger charge is -2.13. The highest BCUT2D eigenvalue weighted by Gasteiger charge is 2.19. The van der Waals surface area contributed by atoms with Gasteiger partial charge < -0.3 is 19.6 Å². The number of halogens is 1. The summed E-state index contributed by atoms with van der Waals surface area (Å²) in [6, 6.07) is 6.31. The lowest BCUT2D eigenvalue weighted by Crippen LogP contribution is -2.14. The normalized spacial score (nSPS) is 10.3. The monoisotopic (exact) mass is 395 g/mol. The largest absolute Gasteiger partial charge is 0.506 e. The van der Waals surface area contributed by atoms with Crippen molar-refractivity contribution in [3.8, 4) is 16.9 Å². The van der Waals surface area contributed by atoms with Crippen LogP contribution in [-0.2, 0) is 20.9 Å². The van der Waals surface area contributed by atoms with Gasteiger partial charge in [0, 0.05) is 12.5 Å². The first-order chi connectivity index (χ1) is 11.3. The number of ether oxygens (including phenoxy) is 2. The fourth-order valence-corrected chi connectivity index (χ4v) is 2.42. The molecule has 0 amide bonds. The number of methoxy groups -OCH3 is 1. The van der Waals surface area contributed by atoms with Crippen molar-refractivity contribution in [1.29, 1.82) is 0 Å². The van der Waals surface area contributed by atoms with Gasteiger partial charge in [0.25, 0.3) is 5.56 Å². The molecule has 0 aliphatic heterocycles. The third-order valence-electron chi connectivity index (χ3n) is 3.20. The van der Waals surface area contributed by atoms with E-state index in [1.807, 2.05) is 0 Å². The van der Waals surface area contributed by atoms with E-state index in [2.05, 4.69) is 25.7 Å². The Balaban J connectivity index is 2.63. The van der Waals surface area contributed by atoms with Crippen LogP contribution in [0.15, 0.2) is 33.5 Å². The molecule has 2 N–H and O–H groups in total. The molecule has 2 rings (SSSR count). The number of carbonyl (C=O) groups is 2. The van der Waals surface area contributed by atoms with Crippen molar-refractivity contribution >= 4 is 27.9 Å². The van der Waals surface area contributed by atoms with Crippen LogP contribution in [-0.4, -0.2) is 29.1 Å². The maximum Gasteiger partial charge on any atom is 0.337 e. The second-order valence-corrected chi connectivity index (χ2v) is 5.62. The number of hydrogen-bond donors (Lipinski definition) is 2. The number of hydrogen-bond acceptors (Lipinski definition) is 6. The lowest BCUT2D eigenvalue weighted by atomic mass is 10.0. The Labute approximate surface area is 145 Å². The topological polar surface area (TPSA) is 106 Å². The number of aromatic amines is 1. The van der Waals surface area contributed by atoms with E-state index in [1.165, 1.54) is 20.1 Å². The van der Waals surface area contributed by atoms with Crippen molar-refractivity contribution in [3.63, 3.8) is 0 Å². The van der Waals surface area contributed by atoms with E-state index >= 15 is 0 Å². The molecule has 2 aromatic rings. The van der Waals surface area contributed by atoms with Gasteiger partial charge in [-0.25, -0.2) is 4.79 Å². The molecule has 0 saturated carbocycles. The van der Waals surface area contributed by atoms with Gasteiger partial charge in [-0.1, -0.05) is 12.1 Å². The number of rotatable bonds is 4. The molecule has 1 aromatic carbocycles. The number of aromatic nitrogens is 1. The van der Waals surface area contributed by atoms with Crippen LogP contribution in [0.1, 0.15) is 23.0 Å². The zero-order valence-electron chi connectivity index (χ0n) is 12.9. The van der Waals surface area contributed by atoms with Gasteiger partial charge >= 0.3 is 11.9 Å². The molecule has 0 unspecified atom stereocenters. The minimum Gasteiger partial charge on any atom is -0.506 e. The van der Waals surface area contributed by atoms with E-state index in [1.54, 1.807) is 18.2 Å². The number of benzene rings is 1. The Morgan fingerprint density at radius 2 is 2.04 bits per heavy atom. The van der Waals surface area contributed by atoms with Gasteiger partial charge in [0.1, 0.15) is 16.8 Å². The van der Waals surface area contributed by atoms with Crippen LogP contribution in [0.25, 0.3) is 11.1 Å². The minimum absolute atomic E-state index is 0.0625. The Morgan fingerprint density at radius 3 is 2.67 bits per heavy atom. The van der Waals surface area contributed by atoms with Crippen molar-refractivity contribution in [3.05, 3.63) is 50.3 Å². The van der Waals surface area contributed by atoms with E-state index < -0.39 is 17.5 Å². The molecule has 7 nitrogen and oxygen atoms in total. The second kappa shape index (κ2) is 7.31. The van der Waals surface area contributed by atoms with Crippen LogP contribution in [0.2, 0.25) is 0 Å². The second-order valence-electron chi connectivity index (χ2n) is 4.82. The summed E-state index contributed by atoms with van der Waals surface area (Å²) in [5.74, 6) is -1.39. The summed E-state index contributed by atoms with van der Waals surface area (Å²) >= 11 is 3.01. The van der Waals surface area contributed by atoms with Crippen molar-refractivity contribution < 1.29 is 24.2 Å². The number of esters is 2. The van der Waals surface area contributed by atoms with Gasteiger partial charge in [0.15, 0.2) is 0 Å². The van der Waals surface area contributed by atoms with Gasteiger partial charge in [0.2, 0.25) is 0 Å². The molecule has 0 saturated heterocycles. The van der Waals surface area contributed by atoms with E-state index in [9.17, 15) is 19.5 Å². The summed E-state index contributed by atoms with van der Waals surface area (Å²) in [7, 11) is 1.26. The van der Waals surface area contributed by atoms with E-state index in [-0.39, 0.29) is 33.6 Å². The fourth-order valence-electron chi connectivity index (χ4n) is 2.13. The number of aromatic hydroxyl groups is 1. The summed E-state index contributed by atoms with van der Waals surface area (Å²) in [6.07, 6.45) is 0. The molecular formula is C16H14BrNO6. The third kappa shape index (κ3) is 3.65. The maximum atomic E-state index is 11.8. The van der Waals surface area contributed by atoms with Crippen molar-refractivity contribution in [2.75, 3.05) is 7.11 Å². The highest BCUT2D eigenvalue weighted by atomic mass is 79.9. The van der Waals surface area contributed by atoms with E-state index in [0.29, 0.717) is 5.56 Å². The van der Waals surface area contributed by atoms with Gasteiger partial charge in [-0.3, -0.25) is 9.59 Å². The quantitative estimate of drug-likeness (QED) is 0.769. The molecule has 0 fully saturated rings. The predicted molar refractivity (Wildman–Crippen MR) is 88.7 cm³/mol. The van der Waals surface area contributed by atoms with Crippen molar-refractivity contribution in [2.45, 2.75) is 13.5 Å². The zero-order chi connectivity index (χ0) is 17.9. The number of carbonyl (C=O) groups excluding carboxylic acids is 2. The molecule has 24 heavy (non-hydrogen) atoms. The summed E-state index contributed by atoms with van der Waals surface area (Å²) < 4.78 is 9.52. The molecule has 1 aromatic heterocycles.